The minimum atomic E-state index is -0.0950. The van der Waals surface area contributed by atoms with Gasteiger partial charge in [0.25, 0.3) is 0 Å². The van der Waals surface area contributed by atoms with Gasteiger partial charge < -0.3 is 15.0 Å². The molecule has 0 aliphatic carbocycles. The largest absolute Gasteiger partial charge is 0.466 e. The fraction of sp³-hybridized carbons (Fsp3) is 0.464. The van der Waals surface area contributed by atoms with E-state index in [-0.39, 0.29) is 16.8 Å². The van der Waals surface area contributed by atoms with Crippen LogP contribution in [0.5, 0.6) is 0 Å². The molecule has 4 nitrogen and oxygen atoms in total. The second kappa shape index (κ2) is 9.81. The van der Waals surface area contributed by atoms with Crippen LogP contribution in [0.3, 0.4) is 0 Å². The number of hydrogen-bond acceptors (Lipinski definition) is 3. The summed E-state index contributed by atoms with van der Waals surface area (Å²) >= 11 is 0. The van der Waals surface area contributed by atoms with Gasteiger partial charge >= 0.3 is 5.97 Å². The number of esters is 1. The second-order valence-corrected chi connectivity index (χ2v) is 10.5. The molecule has 0 saturated carbocycles. The van der Waals surface area contributed by atoms with E-state index in [4.69, 9.17) is 4.74 Å². The van der Waals surface area contributed by atoms with E-state index in [0.717, 1.165) is 25.1 Å². The van der Waals surface area contributed by atoms with Crippen molar-refractivity contribution in [1.29, 1.82) is 0 Å². The molecule has 0 atom stereocenters. The fourth-order valence-electron chi connectivity index (χ4n) is 4.70. The summed E-state index contributed by atoms with van der Waals surface area (Å²) < 4.78 is 5.08. The average Bonchev–Trinajstić information content (AvgIpc) is 3.10. The molecule has 0 bridgehead atoms. The summed E-state index contributed by atoms with van der Waals surface area (Å²) in [6.45, 7) is 14.3. The molecule has 0 spiro atoms. The highest BCUT2D eigenvalue weighted by Crippen LogP contribution is 2.37. The molecule has 32 heavy (non-hydrogen) atoms. The van der Waals surface area contributed by atoms with Crippen LogP contribution in [0.25, 0.3) is 22.0 Å². The van der Waals surface area contributed by atoms with Crippen molar-refractivity contribution in [2.75, 3.05) is 18.5 Å². The Morgan fingerprint density at radius 1 is 0.969 bits per heavy atom. The van der Waals surface area contributed by atoms with E-state index in [0.29, 0.717) is 13.0 Å². The van der Waals surface area contributed by atoms with Crippen molar-refractivity contribution < 1.29 is 9.53 Å². The summed E-state index contributed by atoms with van der Waals surface area (Å²) in [6, 6.07) is 17.4. The van der Waals surface area contributed by atoms with Gasteiger partial charge in [-0.1, -0.05) is 45.9 Å². The minimum Gasteiger partial charge on any atom is -0.466 e. The quantitative estimate of drug-likeness (QED) is 0.328. The molecule has 0 radical (unpaired) electrons. The molecule has 4 heteroatoms. The maximum Gasteiger partial charge on any atom is 0.305 e. The van der Waals surface area contributed by atoms with Crippen LogP contribution in [0.2, 0.25) is 0 Å². The topological polar surface area (TPSA) is 54.1 Å². The van der Waals surface area contributed by atoms with E-state index in [1.165, 1.54) is 27.7 Å². The van der Waals surface area contributed by atoms with Crippen molar-refractivity contribution in [3.05, 3.63) is 54.2 Å². The van der Waals surface area contributed by atoms with E-state index >= 15 is 0 Å². The highest BCUT2D eigenvalue weighted by Gasteiger charge is 2.29. The molecule has 3 rings (SSSR count). The maximum atomic E-state index is 11.7. The number of H-pyrrole nitrogens is 1. The molecule has 1 heterocycles. The molecule has 0 amide bonds. The zero-order chi connectivity index (χ0) is 23.4. The van der Waals surface area contributed by atoms with Gasteiger partial charge in [0.1, 0.15) is 0 Å². The van der Waals surface area contributed by atoms with Crippen LogP contribution < -0.4 is 5.32 Å². The first-order valence-corrected chi connectivity index (χ1v) is 11.7. The minimum absolute atomic E-state index is 0.0804. The summed E-state index contributed by atoms with van der Waals surface area (Å²) in [5, 5.41) is 4.85. The van der Waals surface area contributed by atoms with Crippen LogP contribution in [0.15, 0.2) is 48.5 Å². The van der Waals surface area contributed by atoms with Crippen molar-refractivity contribution in [3.63, 3.8) is 0 Å². The monoisotopic (exact) mass is 434 g/mol. The highest BCUT2D eigenvalue weighted by atomic mass is 16.5. The van der Waals surface area contributed by atoms with Crippen LogP contribution in [-0.4, -0.2) is 24.1 Å². The summed E-state index contributed by atoms with van der Waals surface area (Å²) in [6.07, 6.45) is 2.36. The van der Waals surface area contributed by atoms with Crippen molar-refractivity contribution in [3.8, 4) is 11.1 Å². The van der Waals surface area contributed by atoms with E-state index in [9.17, 15) is 4.79 Å². The zero-order valence-electron chi connectivity index (χ0n) is 20.5. The molecule has 2 N–H and O–H groups in total. The Morgan fingerprint density at radius 3 is 2.34 bits per heavy atom. The predicted molar refractivity (Wildman–Crippen MR) is 135 cm³/mol. The average molecular weight is 435 g/mol. The number of rotatable bonds is 10. The van der Waals surface area contributed by atoms with E-state index in [2.05, 4.69) is 93.5 Å². The van der Waals surface area contributed by atoms with Crippen molar-refractivity contribution >= 4 is 22.6 Å². The molecule has 0 aliphatic rings. The van der Waals surface area contributed by atoms with Crippen LogP contribution in [0.4, 0.5) is 5.69 Å². The molecule has 3 aromatic rings. The molecule has 0 saturated heterocycles. The SMILES string of the molecule is CCOC(=O)CCC(C)(C)CC(C)(C)CNc1ccc(-c2ccc3[nH]c(C)cc3c2)cc1. The van der Waals surface area contributed by atoms with Crippen molar-refractivity contribution in [2.24, 2.45) is 10.8 Å². The van der Waals surface area contributed by atoms with Crippen LogP contribution in [0.1, 0.15) is 59.6 Å². The number of hydrogen-bond donors (Lipinski definition) is 2. The number of ether oxygens (including phenoxy) is 1. The first-order chi connectivity index (χ1) is 15.1. The number of anilines is 1. The molecule has 0 aliphatic heterocycles. The molecule has 1 aromatic heterocycles. The Hall–Kier alpha value is -2.75. The van der Waals surface area contributed by atoms with Gasteiger partial charge in [-0.25, -0.2) is 0 Å². The molecule has 172 valence electrons. The van der Waals surface area contributed by atoms with Crippen LogP contribution in [-0.2, 0) is 9.53 Å². The van der Waals surface area contributed by atoms with Gasteiger partial charge in [-0.05, 0) is 79.0 Å². The number of carbonyl (C=O) groups excluding carboxylic acids is 1. The van der Waals surface area contributed by atoms with Gasteiger partial charge in [0, 0.05) is 35.2 Å². The first-order valence-electron chi connectivity index (χ1n) is 11.7. The van der Waals surface area contributed by atoms with Crippen LogP contribution in [0, 0.1) is 17.8 Å². The standard InChI is InChI=1S/C28H38N2O2/c1-7-32-26(31)14-15-27(3,4)18-28(5,6)19-29-24-11-8-21(9-12-24)22-10-13-25-23(17-22)16-20(2)30-25/h8-13,16-17,29-30H,7,14-15,18-19H2,1-6H3. The number of carbonyl (C=O) groups is 1. The number of benzene rings is 2. The Morgan fingerprint density at radius 2 is 1.66 bits per heavy atom. The maximum absolute atomic E-state index is 11.7. The van der Waals surface area contributed by atoms with Crippen molar-refractivity contribution in [1.82, 2.24) is 4.98 Å². The number of fused-ring (bicyclic) bond motifs is 1. The molecular formula is C28H38N2O2. The van der Waals surface area contributed by atoms with Gasteiger partial charge in [-0.2, -0.15) is 0 Å². The lowest BCUT2D eigenvalue weighted by Gasteiger charge is -2.35. The smallest absolute Gasteiger partial charge is 0.305 e. The molecular weight excluding hydrogens is 396 g/mol. The Bertz CT molecular complexity index is 1040. The van der Waals surface area contributed by atoms with Gasteiger partial charge in [0.05, 0.1) is 6.61 Å². The van der Waals surface area contributed by atoms with E-state index in [1.54, 1.807) is 0 Å². The van der Waals surface area contributed by atoms with Gasteiger partial charge in [0.2, 0.25) is 0 Å². The second-order valence-electron chi connectivity index (χ2n) is 10.5. The number of aryl methyl sites for hydroxylation is 1. The molecule has 0 fully saturated rings. The van der Waals surface area contributed by atoms with E-state index < -0.39 is 0 Å². The third kappa shape index (κ3) is 6.62. The third-order valence-corrected chi connectivity index (χ3v) is 6.01. The number of nitrogens with one attached hydrogen (secondary N) is 2. The lowest BCUT2D eigenvalue weighted by atomic mass is 9.73. The summed E-state index contributed by atoms with van der Waals surface area (Å²) in [5.74, 6) is -0.0950. The van der Waals surface area contributed by atoms with Crippen molar-refractivity contribution in [2.45, 2.75) is 60.8 Å². The first kappa shape index (κ1) is 23.9. The number of aromatic amines is 1. The summed E-state index contributed by atoms with van der Waals surface area (Å²) in [7, 11) is 0. The third-order valence-electron chi connectivity index (χ3n) is 6.01. The Kier molecular flexibility index (Phi) is 7.33. The van der Waals surface area contributed by atoms with Gasteiger partial charge in [-0.3, -0.25) is 4.79 Å². The van der Waals surface area contributed by atoms with Crippen LogP contribution >= 0.6 is 0 Å². The predicted octanol–water partition coefficient (Wildman–Crippen LogP) is 7.34. The van der Waals surface area contributed by atoms with E-state index in [1.807, 2.05) is 6.92 Å². The van der Waals surface area contributed by atoms with Gasteiger partial charge in [-0.15, -0.1) is 0 Å². The number of aromatic nitrogens is 1. The Balaban J connectivity index is 1.56. The summed E-state index contributed by atoms with van der Waals surface area (Å²) in [5.41, 5.74) is 6.12. The Labute approximate surface area is 192 Å². The lowest BCUT2D eigenvalue weighted by Crippen LogP contribution is -2.30. The summed E-state index contributed by atoms with van der Waals surface area (Å²) in [4.78, 5) is 15.1. The lowest BCUT2D eigenvalue weighted by molar-refractivity contribution is -0.143. The molecule has 2 aromatic carbocycles. The zero-order valence-corrected chi connectivity index (χ0v) is 20.5. The van der Waals surface area contributed by atoms with Gasteiger partial charge in [0.15, 0.2) is 0 Å². The normalized spacial score (nSPS) is 12.2. The fourth-order valence-corrected chi connectivity index (χ4v) is 4.70. The highest BCUT2D eigenvalue weighted by molar-refractivity contribution is 5.86. The molecule has 0 unspecified atom stereocenters.